The molecule has 0 saturated carbocycles. The smallest absolute Gasteiger partial charge is 0.337 e. The van der Waals surface area contributed by atoms with Crippen molar-refractivity contribution in [1.29, 1.82) is 5.26 Å². The monoisotopic (exact) mass is 323 g/mol. The molecule has 0 aliphatic heterocycles. The Kier molecular flexibility index (Phi) is 5.92. The van der Waals surface area contributed by atoms with E-state index in [0.717, 1.165) is 5.69 Å². The van der Waals surface area contributed by atoms with Crippen LogP contribution in [0.3, 0.4) is 0 Å². The van der Waals surface area contributed by atoms with Crippen LogP contribution in [0.4, 0.5) is 11.4 Å². The number of anilines is 2. The summed E-state index contributed by atoms with van der Waals surface area (Å²) in [5.74, 6) is -0.538. The lowest BCUT2D eigenvalue weighted by molar-refractivity contribution is -0.115. The van der Waals surface area contributed by atoms with Gasteiger partial charge in [-0.15, -0.1) is 0 Å². The Balaban J connectivity index is 1.80. The molecular weight excluding hydrogens is 306 g/mol. The van der Waals surface area contributed by atoms with E-state index in [9.17, 15) is 9.59 Å². The van der Waals surface area contributed by atoms with Crippen LogP contribution in [-0.4, -0.2) is 25.5 Å². The first-order chi connectivity index (χ1) is 11.6. The van der Waals surface area contributed by atoms with Crippen molar-refractivity contribution in [2.24, 2.45) is 0 Å². The normalized spacial score (nSPS) is 9.67. The molecule has 1 amide bonds. The molecule has 24 heavy (non-hydrogen) atoms. The van der Waals surface area contributed by atoms with E-state index in [2.05, 4.69) is 15.4 Å². The van der Waals surface area contributed by atoms with E-state index < -0.39 is 0 Å². The summed E-state index contributed by atoms with van der Waals surface area (Å²) in [6.45, 7) is 0.446. The maximum atomic E-state index is 11.9. The molecule has 2 N–H and O–H groups in total. The number of benzene rings is 2. The van der Waals surface area contributed by atoms with Gasteiger partial charge in [0.2, 0.25) is 5.91 Å². The highest BCUT2D eigenvalue weighted by molar-refractivity contribution is 5.91. The Morgan fingerprint density at radius 1 is 1.12 bits per heavy atom. The number of carbonyl (C=O) groups is 2. The summed E-state index contributed by atoms with van der Waals surface area (Å²) in [7, 11) is 1.33. The molecule has 0 saturated heterocycles. The number of methoxy groups -OCH3 is 1. The van der Waals surface area contributed by atoms with Gasteiger partial charge in [0.25, 0.3) is 0 Å². The predicted molar refractivity (Wildman–Crippen MR) is 90.7 cm³/mol. The van der Waals surface area contributed by atoms with Crippen LogP contribution in [0.15, 0.2) is 48.5 Å². The first-order valence-corrected chi connectivity index (χ1v) is 7.34. The van der Waals surface area contributed by atoms with Gasteiger partial charge in [0.1, 0.15) is 0 Å². The van der Waals surface area contributed by atoms with Gasteiger partial charge in [-0.25, -0.2) is 4.79 Å². The fraction of sp³-hybridized carbons (Fsp3) is 0.167. The number of hydrogen-bond donors (Lipinski definition) is 2. The third-order valence-electron chi connectivity index (χ3n) is 3.26. The van der Waals surface area contributed by atoms with E-state index in [1.54, 1.807) is 48.5 Å². The third kappa shape index (κ3) is 4.85. The minimum absolute atomic E-state index is 0.149. The van der Waals surface area contributed by atoms with E-state index in [0.29, 0.717) is 23.4 Å². The lowest BCUT2D eigenvalue weighted by Gasteiger charge is -2.08. The molecule has 2 rings (SSSR count). The number of hydrogen-bond acceptors (Lipinski definition) is 5. The second kappa shape index (κ2) is 8.34. The molecule has 6 nitrogen and oxygen atoms in total. The van der Waals surface area contributed by atoms with E-state index in [-0.39, 0.29) is 18.3 Å². The van der Waals surface area contributed by atoms with Crippen LogP contribution in [0.1, 0.15) is 22.3 Å². The molecule has 0 unspecified atom stereocenters. The number of nitrogens with one attached hydrogen (secondary N) is 2. The molecule has 2 aromatic rings. The molecule has 0 heterocycles. The Hall–Kier alpha value is -3.33. The summed E-state index contributed by atoms with van der Waals surface area (Å²) in [4.78, 5) is 23.2. The second-order valence-corrected chi connectivity index (χ2v) is 4.99. The fourth-order valence-electron chi connectivity index (χ4n) is 2.05. The summed E-state index contributed by atoms with van der Waals surface area (Å²) in [5.41, 5.74) is 2.37. The van der Waals surface area contributed by atoms with Gasteiger partial charge in [-0.3, -0.25) is 4.79 Å². The van der Waals surface area contributed by atoms with Crippen molar-refractivity contribution in [3.05, 3.63) is 59.7 Å². The molecule has 0 radical (unpaired) electrons. The highest BCUT2D eigenvalue weighted by Gasteiger charge is 2.05. The molecule has 0 aliphatic rings. The van der Waals surface area contributed by atoms with Crippen molar-refractivity contribution < 1.29 is 14.3 Å². The zero-order valence-corrected chi connectivity index (χ0v) is 13.2. The van der Waals surface area contributed by atoms with Crippen LogP contribution >= 0.6 is 0 Å². The molecule has 0 bridgehead atoms. The van der Waals surface area contributed by atoms with Gasteiger partial charge in [-0.05, 0) is 42.5 Å². The zero-order chi connectivity index (χ0) is 17.4. The second-order valence-electron chi connectivity index (χ2n) is 4.99. The summed E-state index contributed by atoms with van der Waals surface area (Å²) < 4.78 is 4.63. The maximum Gasteiger partial charge on any atom is 0.337 e. The standard InChI is InChI=1S/C18H17N3O3/c1-24-18(23)14-5-7-15(8-6-14)20-10-9-17(22)21-16-4-2-3-13(11-16)12-19/h2-8,11,20H,9-10H2,1H3,(H,21,22). The average molecular weight is 323 g/mol. The van der Waals surface area contributed by atoms with Crippen LogP contribution in [0, 0.1) is 11.3 Å². The molecule has 6 heteroatoms. The van der Waals surface area contributed by atoms with Gasteiger partial charge < -0.3 is 15.4 Å². The lowest BCUT2D eigenvalue weighted by atomic mass is 10.2. The molecule has 122 valence electrons. The van der Waals surface area contributed by atoms with Gasteiger partial charge in [0.05, 0.1) is 24.3 Å². The highest BCUT2D eigenvalue weighted by Crippen LogP contribution is 2.12. The molecule has 0 aliphatic carbocycles. The van der Waals surface area contributed by atoms with E-state index in [1.165, 1.54) is 7.11 Å². The number of esters is 1. The Morgan fingerprint density at radius 3 is 2.54 bits per heavy atom. The Labute approximate surface area is 140 Å². The molecular formula is C18H17N3O3. The summed E-state index contributed by atoms with van der Waals surface area (Å²) in [6, 6.07) is 15.6. The minimum Gasteiger partial charge on any atom is -0.465 e. The van der Waals surface area contributed by atoms with Gasteiger partial charge in [0, 0.05) is 24.3 Å². The Morgan fingerprint density at radius 2 is 1.88 bits per heavy atom. The van der Waals surface area contributed by atoms with E-state index in [4.69, 9.17) is 5.26 Å². The number of amides is 1. The van der Waals surface area contributed by atoms with Gasteiger partial charge in [-0.1, -0.05) is 6.07 Å². The van der Waals surface area contributed by atoms with E-state index >= 15 is 0 Å². The highest BCUT2D eigenvalue weighted by atomic mass is 16.5. The number of nitriles is 1. The molecule has 0 aromatic heterocycles. The average Bonchev–Trinajstić information content (AvgIpc) is 2.61. The molecule has 0 atom stereocenters. The van der Waals surface area contributed by atoms with Crippen molar-refractivity contribution in [2.75, 3.05) is 24.3 Å². The quantitative estimate of drug-likeness (QED) is 0.798. The van der Waals surface area contributed by atoms with Crippen LogP contribution in [0.25, 0.3) is 0 Å². The predicted octanol–water partition coefficient (Wildman–Crippen LogP) is 2.79. The largest absolute Gasteiger partial charge is 0.465 e. The van der Waals surface area contributed by atoms with Gasteiger partial charge >= 0.3 is 5.97 Å². The number of carbonyl (C=O) groups excluding carboxylic acids is 2. The van der Waals surface area contributed by atoms with Crippen molar-refractivity contribution in [3.8, 4) is 6.07 Å². The van der Waals surface area contributed by atoms with Gasteiger partial charge in [0.15, 0.2) is 0 Å². The molecule has 0 fully saturated rings. The minimum atomic E-state index is -0.388. The van der Waals surface area contributed by atoms with Crippen molar-refractivity contribution >= 4 is 23.3 Å². The van der Waals surface area contributed by atoms with Crippen molar-refractivity contribution in [1.82, 2.24) is 0 Å². The number of nitrogens with zero attached hydrogens (tertiary/aromatic N) is 1. The maximum absolute atomic E-state index is 11.9. The SMILES string of the molecule is COC(=O)c1ccc(NCCC(=O)Nc2cccc(C#N)c2)cc1. The van der Waals surface area contributed by atoms with E-state index in [1.807, 2.05) is 6.07 Å². The Bertz CT molecular complexity index is 764. The van der Waals surface area contributed by atoms with Crippen LogP contribution < -0.4 is 10.6 Å². The summed E-state index contributed by atoms with van der Waals surface area (Å²) in [6.07, 6.45) is 0.273. The molecule has 2 aromatic carbocycles. The van der Waals surface area contributed by atoms with Crippen LogP contribution in [-0.2, 0) is 9.53 Å². The fourth-order valence-corrected chi connectivity index (χ4v) is 2.05. The topological polar surface area (TPSA) is 91.2 Å². The molecule has 0 spiro atoms. The zero-order valence-electron chi connectivity index (χ0n) is 13.2. The summed E-state index contributed by atoms with van der Waals surface area (Å²) in [5, 5.41) is 14.7. The summed E-state index contributed by atoms with van der Waals surface area (Å²) >= 11 is 0. The first-order valence-electron chi connectivity index (χ1n) is 7.34. The van der Waals surface area contributed by atoms with Gasteiger partial charge in [-0.2, -0.15) is 5.26 Å². The first kappa shape index (κ1) is 17.0. The number of rotatable bonds is 6. The number of ether oxygens (including phenoxy) is 1. The lowest BCUT2D eigenvalue weighted by Crippen LogP contribution is -2.16. The van der Waals surface area contributed by atoms with Crippen LogP contribution in [0.2, 0.25) is 0 Å². The third-order valence-corrected chi connectivity index (χ3v) is 3.26. The van der Waals surface area contributed by atoms with Crippen molar-refractivity contribution in [3.63, 3.8) is 0 Å². The van der Waals surface area contributed by atoms with Crippen molar-refractivity contribution in [2.45, 2.75) is 6.42 Å². The van der Waals surface area contributed by atoms with Crippen LogP contribution in [0.5, 0.6) is 0 Å².